The SMILES string of the molecule is Cc1cc(C#N)cc(NC(=O)n2ccc3cc(Oc4ncnc5c4CCN(C(=O)OC(C)(C)C)C5)ccc32)c1. The molecule has 2 aromatic carbocycles. The predicted octanol–water partition coefficient (Wildman–Crippen LogP) is 5.78. The third-order valence-electron chi connectivity index (χ3n) is 6.17. The predicted molar refractivity (Wildman–Crippen MR) is 145 cm³/mol. The van der Waals surface area contributed by atoms with Crippen molar-refractivity contribution in [1.82, 2.24) is 19.4 Å². The van der Waals surface area contributed by atoms with Gasteiger partial charge in [-0.15, -0.1) is 0 Å². The van der Waals surface area contributed by atoms with Gasteiger partial charge in [0.25, 0.3) is 0 Å². The van der Waals surface area contributed by atoms with Gasteiger partial charge in [-0.2, -0.15) is 5.26 Å². The van der Waals surface area contributed by atoms with Crippen LogP contribution in [-0.2, 0) is 17.7 Å². The average Bonchev–Trinajstić information content (AvgIpc) is 3.30. The third-order valence-corrected chi connectivity index (χ3v) is 6.17. The van der Waals surface area contributed by atoms with E-state index in [0.29, 0.717) is 47.9 Å². The number of benzene rings is 2. The van der Waals surface area contributed by atoms with Crippen molar-refractivity contribution in [2.75, 3.05) is 11.9 Å². The Kier molecular flexibility index (Phi) is 6.66. The van der Waals surface area contributed by atoms with Gasteiger partial charge >= 0.3 is 12.1 Å². The molecule has 0 saturated heterocycles. The topological polar surface area (TPSA) is 122 Å². The number of anilines is 1. The summed E-state index contributed by atoms with van der Waals surface area (Å²) in [5.41, 5.74) is 3.61. The number of amides is 2. The highest BCUT2D eigenvalue weighted by molar-refractivity contribution is 5.99. The number of hydrogen-bond donors (Lipinski definition) is 1. The highest BCUT2D eigenvalue weighted by atomic mass is 16.6. The second kappa shape index (κ2) is 10.1. The molecule has 0 saturated carbocycles. The number of fused-ring (bicyclic) bond motifs is 2. The molecule has 10 heteroatoms. The molecule has 4 aromatic rings. The molecule has 3 heterocycles. The van der Waals surface area contributed by atoms with Gasteiger partial charge < -0.3 is 19.7 Å². The fourth-order valence-electron chi connectivity index (χ4n) is 4.47. The Bertz CT molecular complexity index is 1630. The first-order chi connectivity index (χ1) is 18.6. The zero-order chi connectivity index (χ0) is 27.7. The summed E-state index contributed by atoms with van der Waals surface area (Å²) >= 11 is 0. The van der Waals surface area contributed by atoms with Crippen LogP contribution < -0.4 is 10.1 Å². The van der Waals surface area contributed by atoms with Crippen LogP contribution in [0.15, 0.2) is 55.0 Å². The van der Waals surface area contributed by atoms with Crippen LogP contribution in [0.25, 0.3) is 10.9 Å². The fraction of sp³-hybridized carbons (Fsp3) is 0.276. The van der Waals surface area contributed by atoms with Crippen molar-refractivity contribution in [3.05, 3.63) is 77.4 Å². The van der Waals surface area contributed by atoms with Gasteiger partial charge in [0.05, 0.1) is 29.4 Å². The largest absolute Gasteiger partial charge is 0.444 e. The highest BCUT2D eigenvalue weighted by Crippen LogP contribution is 2.31. The van der Waals surface area contributed by atoms with Crippen molar-refractivity contribution in [3.8, 4) is 17.7 Å². The van der Waals surface area contributed by atoms with Crippen LogP contribution in [-0.4, -0.2) is 43.7 Å². The second-order valence-electron chi connectivity index (χ2n) is 10.4. The molecule has 0 spiro atoms. The monoisotopic (exact) mass is 524 g/mol. The molecule has 0 fully saturated rings. The molecule has 0 atom stereocenters. The van der Waals surface area contributed by atoms with Gasteiger partial charge in [-0.3, -0.25) is 4.57 Å². The molecule has 1 N–H and O–H groups in total. The number of ether oxygens (including phenoxy) is 2. The Balaban J connectivity index is 1.32. The lowest BCUT2D eigenvalue weighted by Gasteiger charge is -2.30. The molecule has 0 unspecified atom stereocenters. The van der Waals surface area contributed by atoms with Crippen molar-refractivity contribution in [1.29, 1.82) is 5.26 Å². The van der Waals surface area contributed by atoms with E-state index in [2.05, 4.69) is 21.4 Å². The summed E-state index contributed by atoms with van der Waals surface area (Å²) in [5.74, 6) is 1.00. The minimum absolute atomic E-state index is 0.316. The Labute approximate surface area is 225 Å². The van der Waals surface area contributed by atoms with Crippen LogP contribution in [0.5, 0.6) is 11.6 Å². The molecule has 2 amide bonds. The summed E-state index contributed by atoms with van der Waals surface area (Å²) in [6.07, 6.45) is 3.27. The average molecular weight is 525 g/mol. The molecule has 2 aromatic heterocycles. The quantitative estimate of drug-likeness (QED) is 0.361. The first kappa shape index (κ1) is 25.7. The zero-order valence-corrected chi connectivity index (χ0v) is 22.2. The molecule has 5 rings (SSSR count). The molecule has 0 bridgehead atoms. The van der Waals surface area contributed by atoms with Crippen LogP contribution in [0.1, 0.15) is 43.2 Å². The van der Waals surface area contributed by atoms with E-state index in [4.69, 9.17) is 9.47 Å². The summed E-state index contributed by atoms with van der Waals surface area (Å²) in [6, 6.07) is 14.2. The standard InChI is InChI=1S/C29H28N6O4/c1-18-11-19(15-30)13-21(12-18)33-27(36)35-10-7-20-14-22(5-6-25(20)35)38-26-23-8-9-34(16-24(23)31-17-32-26)28(37)39-29(2,3)4/h5-7,10-14,17H,8-9,16H2,1-4H3,(H,33,36). The molecule has 198 valence electrons. The number of nitrogens with zero attached hydrogens (tertiary/aromatic N) is 5. The van der Waals surface area contributed by atoms with E-state index in [9.17, 15) is 14.9 Å². The minimum Gasteiger partial charge on any atom is -0.444 e. The Hall–Kier alpha value is -4.91. The number of hydrogen-bond acceptors (Lipinski definition) is 7. The molecular weight excluding hydrogens is 496 g/mol. The molecular formula is C29H28N6O4. The minimum atomic E-state index is -0.572. The van der Waals surface area contributed by atoms with E-state index in [1.54, 1.807) is 35.4 Å². The molecule has 1 aliphatic heterocycles. The van der Waals surface area contributed by atoms with Crippen molar-refractivity contribution >= 4 is 28.7 Å². The van der Waals surface area contributed by atoms with Gasteiger partial charge in [0, 0.05) is 29.4 Å². The van der Waals surface area contributed by atoms with E-state index in [1.165, 1.54) is 10.9 Å². The smallest absolute Gasteiger partial charge is 0.410 e. The summed E-state index contributed by atoms with van der Waals surface area (Å²) < 4.78 is 13.1. The first-order valence-corrected chi connectivity index (χ1v) is 12.5. The number of nitriles is 1. The number of aryl methyl sites for hydroxylation is 1. The van der Waals surface area contributed by atoms with Crippen molar-refractivity contribution in [2.24, 2.45) is 0 Å². The molecule has 10 nitrogen and oxygen atoms in total. The Morgan fingerprint density at radius 2 is 1.92 bits per heavy atom. The summed E-state index contributed by atoms with van der Waals surface area (Å²) in [6.45, 7) is 8.17. The molecule has 39 heavy (non-hydrogen) atoms. The zero-order valence-electron chi connectivity index (χ0n) is 22.2. The van der Waals surface area contributed by atoms with Gasteiger partial charge in [-0.25, -0.2) is 19.6 Å². The lowest BCUT2D eigenvalue weighted by Crippen LogP contribution is -2.40. The molecule has 0 aliphatic carbocycles. The highest BCUT2D eigenvalue weighted by Gasteiger charge is 2.28. The van der Waals surface area contributed by atoms with Crippen LogP contribution in [0, 0.1) is 18.3 Å². The number of rotatable bonds is 3. The van der Waals surface area contributed by atoms with Crippen LogP contribution in [0.4, 0.5) is 15.3 Å². The summed E-state index contributed by atoms with van der Waals surface area (Å²) in [5, 5.41) is 12.9. The van der Waals surface area contributed by atoms with Gasteiger partial charge in [0.2, 0.25) is 5.88 Å². The summed E-state index contributed by atoms with van der Waals surface area (Å²) in [7, 11) is 0. The lowest BCUT2D eigenvalue weighted by atomic mass is 10.1. The Morgan fingerprint density at radius 3 is 2.69 bits per heavy atom. The van der Waals surface area contributed by atoms with Crippen molar-refractivity contribution in [2.45, 2.75) is 46.3 Å². The van der Waals surface area contributed by atoms with E-state index >= 15 is 0 Å². The van der Waals surface area contributed by atoms with Crippen LogP contribution in [0.3, 0.4) is 0 Å². The van der Waals surface area contributed by atoms with Gasteiger partial charge in [0.15, 0.2) is 0 Å². The molecule has 0 radical (unpaired) electrons. The maximum atomic E-state index is 13.0. The molecule has 1 aliphatic rings. The summed E-state index contributed by atoms with van der Waals surface area (Å²) in [4.78, 5) is 35.8. The number of carbonyl (C=O) groups is 2. The van der Waals surface area contributed by atoms with E-state index in [1.807, 2.05) is 45.9 Å². The van der Waals surface area contributed by atoms with Gasteiger partial charge in [0.1, 0.15) is 17.7 Å². The first-order valence-electron chi connectivity index (χ1n) is 12.5. The van der Waals surface area contributed by atoms with Crippen molar-refractivity contribution in [3.63, 3.8) is 0 Å². The van der Waals surface area contributed by atoms with Crippen LogP contribution in [0.2, 0.25) is 0 Å². The van der Waals surface area contributed by atoms with Crippen LogP contribution >= 0.6 is 0 Å². The third kappa shape index (κ3) is 5.67. The van der Waals surface area contributed by atoms with E-state index in [-0.39, 0.29) is 12.1 Å². The lowest BCUT2D eigenvalue weighted by molar-refractivity contribution is 0.0219. The fourth-order valence-corrected chi connectivity index (χ4v) is 4.47. The Morgan fingerprint density at radius 1 is 1.10 bits per heavy atom. The van der Waals surface area contributed by atoms with Crippen molar-refractivity contribution < 1.29 is 19.1 Å². The maximum Gasteiger partial charge on any atom is 0.410 e. The number of carbonyl (C=O) groups excluding carboxylic acids is 2. The second-order valence-corrected chi connectivity index (χ2v) is 10.4. The normalized spacial score (nSPS) is 12.9. The van der Waals surface area contributed by atoms with E-state index < -0.39 is 5.60 Å². The maximum absolute atomic E-state index is 13.0. The number of aromatic nitrogens is 3. The van der Waals surface area contributed by atoms with E-state index in [0.717, 1.165) is 22.2 Å². The van der Waals surface area contributed by atoms with Gasteiger partial charge in [-0.05, 0) is 82.1 Å². The number of nitrogens with one attached hydrogen (secondary N) is 1. The van der Waals surface area contributed by atoms with Gasteiger partial charge in [-0.1, -0.05) is 0 Å².